The fraction of sp³-hybridized carbons (Fsp3) is 0.167. The number of benzene rings is 2. The molecule has 0 atom stereocenters. The molecule has 1 N–H and O–H groups in total. The monoisotopic (exact) mass is 295 g/mol. The number of fused-ring (bicyclic) bond motifs is 1. The van der Waals surface area contributed by atoms with Gasteiger partial charge in [-0.25, -0.2) is 0 Å². The number of amides is 1. The molecule has 0 fully saturated rings. The topological polar surface area (TPSA) is 29.1 Å². The van der Waals surface area contributed by atoms with Gasteiger partial charge in [0.05, 0.1) is 4.88 Å². The van der Waals surface area contributed by atoms with Crippen LogP contribution in [0, 0.1) is 6.92 Å². The minimum atomic E-state index is -0.0260. The van der Waals surface area contributed by atoms with Crippen LogP contribution in [-0.2, 0) is 6.42 Å². The summed E-state index contributed by atoms with van der Waals surface area (Å²) in [5, 5.41) is 4.17. The summed E-state index contributed by atoms with van der Waals surface area (Å²) >= 11 is 1.55. The van der Waals surface area contributed by atoms with E-state index in [4.69, 9.17) is 0 Å². The van der Waals surface area contributed by atoms with Crippen molar-refractivity contribution in [1.82, 2.24) is 0 Å². The number of carbonyl (C=O) groups excluding carboxylic acids is 1. The van der Waals surface area contributed by atoms with E-state index in [0.29, 0.717) is 0 Å². The van der Waals surface area contributed by atoms with Crippen molar-refractivity contribution >= 4 is 33.0 Å². The molecule has 0 saturated heterocycles. The summed E-state index contributed by atoms with van der Waals surface area (Å²) in [5.74, 6) is -0.0260. The quantitative estimate of drug-likeness (QED) is 0.722. The second-order valence-corrected chi connectivity index (χ2v) is 6.11. The molecular formula is C18H17NOS. The molecule has 0 bridgehead atoms. The van der Waals surface area contributed by atoms with E-state index >= 15 is 0 Å². The Hall–Kier alpha value is -2.13. The van der Waals surface area contributed by atoms with E-state index in [9.17, 15) is 4.79 Å². The number of thiophene rings is 1. The molecule has 0 spiro atoms. The predicted octanol–water partition coefficient (Wildman–Crippen LogP) is 5.02. The average Bonchev–Trinajstić information content (AvgIpc) is 2.85. The lowest BCUT2D eigenvalue weighted by Crippen LogP contribution is -2.11. The number of rotatable bonds is 3. The average molecular weight is 295 g/mol. The lowest BCUT2D eigenvalue weighted by atomic mass is 10.1. The Balaban J connectivity index is 1.91. The highest BCUT2D eigenvalue weighted by molar-refractivity contribution is 7.21. The molecule has 0 unspecified atom stereocenters. The Labute approximate surface area is 128 Å². The molecule has 1 aromatic heterocycles. The third-order valence-corrected chi connectivity index (χ3v) is 4.91. The molecule has 3 rings (SSSR count). The molecule has 3 aromatic rings. The van der Waals surface area contributed by atoms with E-state index in [1.54, 1.807) is 11.3 Å². The number of anilines is 1. The van der Waals surface area contributed by atoms with Crippen molar-refractivity contribution in [1.29, 1.82) is 0 Å². The molecule has 1 amide bonds. The van der Waals surface area contributed by atoms with Crippen LogP contribution in [0.25, 0.3) is 10.1 Å². The Morgan fingerprint density at radius 1 is 1.14 bits per heavy atom. The summed E-state index contributed by atoms with van der Waals surface area (Å²) in [6.07, 6.45) is 0.964. The zero-order valence-electron chi connectivity index (χ0n) is 12.1. The molecule has 0 aliphatic rings. The van der Waals surface area contributed by atoms with Crippen molar-refractivity contribution in [2.45, 2.75) is 20.3 Å². The van der Waals surface area contributed by atoms with Crippen LogP contribution in [0.3, 0.4) is 0 Å². The number of hydrogen-bond acceptors (Lipinski definition) is 2. The molecule has 3 heteroatoms. The predicted molar refractivity (Wildman–Crippen MR) is 90.3 cm³/mol. The summed E-state index contributed by atoms with van der Waals surface area (Å²) in [4.78, 5) is 13.3. The summed E-state index contributed by atoms with van der Waals surface area (Å²) < 4.78 is 1.16. The Kier molecular flexibility index (Phi) is 3.76. The van der Waals surface area contributed by atoms with Gasteiger partial charge < -0.3 is 5.32 Å². The minimum Gasteiger partial charge on any atom is -0.321 e. The van der Waals surface area contributed by atoms with E-state index in [-0.39, 0.29) is 5.91 Å². The first-order valence-corrected chi connectivity index (χ1v) is 7.89. The molecule has 2 aromatic carbocycles. The van der Waals surface area contributed by atoms with Gasteiger partial charge in [-0.05, 0) is 48.1 Å². The largest absolute Gasteiger partial charge is 0.321 e. The first-order chi connectivity index (χ1) is 10.2. The third-order valence-electron chi connectivity index (χ3n) is 3.64. The van der Waals surface area contributed by atoms with Crippen LogP contribution in [0.5, 0.6) is 0 Å². The molecule has 0 aliphatic heterocycles. The van der Waals surface area contributed by atoms with Crippen LogP contribution < -0.4 is 5.32 Å². The molecule has 0 saturated carbocycles. The van der Waals surface area contributed by atoms with Gasteiger partial charge in [0.25, 0.3) is 5.91 Å². The van der Waals surface area contributed by atoms with E-state index in [1.165, 1.54) is 5.56 Å². The first-order valence-electron chi connectivity index (χ1n) is 7.07. The van der Waals surface area contributed by atoms with Crippen molar-refractivity contribution < 1.29 is 4.79 Å². The highest BCUT2D eigenvalue weighted by Crippen LogP contribution is 2.31. The molecule has 21 heavy (non-hydrogen) atoms. The Bertz CT molecular complexity index is 804. The van der Waals surface area contributed by atoms with Gasteiger partial charge in [0, 0.05) is 10.4 Å². The number of aryl methyl sites for hydroxylation is 2. The van der Waals surface area contributed by atoms with Gasteiger partial charge in [-0.2, -0.15) is 0 Å². The van der Waals surface area contributed by atoms with Crippen molar-refractivity contribution in [3.63, 3.8) is 0 Å². The van der Waals surface area contributed by atoms with Gasteiger partial charge >= 0.3 is 0 Å². The molecule has 0 radical (unpaired) electrons. The zero-order chi connectivity index (χ0) is 14.8. The SMILES string of the molecule is CCc1cccc(NC(=O)c2sc3ccccc3c2C)c1. The van der Waals surface area contributed by atoms with Crippen LogP contribution in [0.1, 0.15) is 27.7 Å². The van der Waals surface area contributed by atoms with Crippen molar-refractivity contribution in [3.8, 4) is 0 Å². The Morgan fingerprint density at radius 2 is 1.95 bits per heavy atom. The fourth-order valence-corrected chi connectivity index (χ4v) is 3.55. The van der Waals surface area contributed by atoms with Gasteiger partial charge in [-0.1, -0.05) is 37.3 Å². The van der Waals surface area contributed by atoms with Crippen molar-refractivity contribution in [2.75, 3.05) is 5.32 Å². The van der Waals surface area contributed by atoms with E-state index < -0.39 is 0 Å². The first kappa shape index (κ1) is 13.8. The fourth-order valence-electron chi connectivity index (χ4n) is 2.45. The lowest BCUT2D eigenvalue weighted by molar-refractivity contribution is 0.103. The number of carbonyl (C=O) groups is 1. The maximum Gasteiger partial charge on any atom is 0.266 e. The highest BCUT2D eigenvalue weighted by atomic mass is 32.1. The zero-order valence-corrected chi connectivity index (χ0v) is 13.0. The van der Waals surface area contributed by atoms with E-state index in [0.717, 1.165) is 32.6 Å². The van der Waals surface area contributed by atoms with E-state index in [2.05, 4.69) is 30.4 Å². The van der Waals surface area contributed by atoms with Crippen LogP contribution in [0.4, 0.5) is 5.69 Å². The van der Waals surface area contributed by atoms with Gasteiger partial charge in [-0.3, -0.25) is 4.79 Å². The Morgan fingerprint density at radius 3 is 2.71 bits per heavy atom. The van der Waals surface area contributed by atoms with Crippen LogP contribution in [0.15, 0.2) is 48.5 Å². The normalized spacial score (nSPS) is 10.8. The van der Waals surface area contributed by atoms with Gasteiger partial charge in [0.15, 0.2) is 0 Å². The van der Waals surface area contributed by atoms with Gasteiger partial charge in [0.2, 0.25) is 0 Å². The summed E-state index contributed by atoms with van der Waals surface area (Å²) in [6.45, 7) is 4.12. The van der Waals surface area contributed by atoms with Crippen LogP contribution in [-0.4, -0.2) is 5.91 Å². The van der Waals surface area contributed by atoms with Crippen molar-refractivity contribution in [3.05, 3.63) is 64.5 Å². The summed E-state index contributed by atoms with van der Waals surface area (Å²) in [6, 6.07) is 16.1. The number of hydrogen-bond donors (Lipinski definition) is 1. The lowest BCUT2D eigenvalue weighted by Gasteiger charge is -2.06. The third kappa shape index (κ3) is 2.69. The van der Waals surface area contributed by atoms with Crippen molar-refractivity contribution in [2.24, 2.45) is 0 Å². The van der Waals surface area contributed by atoms with Gasteiger partial charge in [0.1, 0.15) is 0 Å². The second kappa shape index (κ2) is 5.70. The summed E-state index contributed by atoms with van der Waals surface area (Å²) in [7, 11) is 0. The molecular weight excluding hydrogens is 278 g/mol. The summed E-state index contributed by atoms with van der Waals surface area (Å²) in [5.41, 5.74) is 3.14. The maximum atomic E-state index is 12.5. The highest BCUT2D eigenvalue weighted by Gasteiger charge is 2.15. The minimum absolute atomic E-state index is 0.0260. The van der Waals surface area contributed by atoms with E-state index in [1.807, 2.05) is 37.3 Å². The maximum absolute atomic E-state index is 12.5. The molecule has 1 heterocycles. The second-order valence-electron chi connectivity index (χ2n) is 5.06. The smallest absolute Gasteiger partial charge is 0.266 e. The molecule has 0 aliphatic carbocycles. The number of nitrogens with one attached hydrogen (secondary N) is 1. The molecule has 106 valence electrons. The van der Waals surface area contributed by atoms with Crippen LogP contribution in [0.2, 0.25) is 0 Å². The molecule has 2 nitrogen and oxygen atoms in total. The standard InChI is InChI=1S/C18H17NOS/c1-3-13-7-6-8-14(11-13)19-18(20)17-12(2)15-9-4-5-10-16(15)21-17/h4-11H,3H2,1-2H3,(H,19,20). The van der Waals surface area contributed by atoms with Crippen LogP contribution >= 0.6 is 11.3 Å². The van der Waals surface area contributed by atoms with Gasteiger partial charge in [-0.15, -0.1) is 11.3 Å².